The van der Waals surface area contributed by atoms with Gasteiger partial charge >= 0.3 is 0 Å². The van der Waals surface area contributed by atoms with Crippen molar-refractivity contribution in [1.29, 1.82) is 0 Å². The van der Waals surface area contributed by atoms with Gasteiger partial charge in [-0.3, -0.25) is 0 Å². The van der Waals surface area contributed by atoms with Crippen molar-refractivity contribution in [1.82, 2.24) is 0 Å². The number of aliphatic hydroxyl groups excluding tert-OH is 1. The van der Waals surface area contributed by atoms with Gasteiger partial charge < -0.3 is 24.6 Å². The van der Waals surface area contributed by atoms with Crippen LogP contribution in [0.15, 0.2) is 22.7 Å². The molecule has 0 fully saturated rings. The normalized spacial score (nSPS) is 13.8. The summed E-state index contributed by atoms with van der Waals surface area (Å²) in [5, 5.41) is 13.0. The summed E-state index contributed by atoms with van der Waals surface area (Å²) in [6, 6.07) is 5.67. The van der Waals surface area contributed by atoms with Crippen LogP contribution in [0.25, 0.3) is 0 Å². The summed E-state index contributed by atoms with van der Waals surface area (Å²) in [5.74, 6) is 0.745. The molecule has 0 amide bonds. The molecular weight excluding hydrogens is 326 g/mol. The van der Waals surface area contributed by atoms with Crippen LogP contribution in [0.1, 0.15) is 6.92 Å². The van der Waals surface area contributed by atoms with Crippen molar-refractivity contribution in [3.63, 3.8) is 0 Å². The van der Waals surface area contributed by atoms with Gasteiger partial charge in [-0.25, -0.2) is 0 Å². The van der Waals surface area contributed by atoms with E-state index in [1.54, 1.807) is 14.2 Å². The number of rotatable bonds is 9. The number of nitrogens with one attached hydrogen (secondary N) is 1. The van der Waals surface area contributed by atoms with E-state index in [1.807, 2.05) is 25.1 Å². The van der Waals surface area contributed by atoms with Crippen LogP contribution in [0, 0.1) is 0 Å². The molecule has 0 heterocycles. The predicted molar refractivity (Wildman–Crippen MR) is 82.5 cm³/mol. The smallest absolute Gasteiger partial charge is 0.135 e. The zero-order chi connectivity index (χ0) is 15.0. The highest BCUT2D eigenvalue weighted by Crippen LogP contribution is 2.27. The first-order chi connectivity index (χ1) is 9.56. The highest BCUT2D eigenvalue weighted by Gasteiger charge is 2.08. The van der Waals surface area contributed by atoms with Crippen LogP contribution >= 0.6 is 15.9 Å². The molecule has 20 heavy (non-hydrogen) atoms. The van der Waals surface area contributed by atoms with Crippen LogP contribution in [0.2, 0.25) is 0 Å². The number of halogens is 1. The molecular formula is C14H22BrNO4. The van der Waals surface area contributed by atoms with Crippen molar-refractivity contribution in [2.24, 2.45) is 0 Å². The van der Waals surface area contributed by atoms with Gasteiger partial charge in [0.2, 0.25) is 0 Å². The van der Waals surface area contributed by atoms with E-state index in [0.29, 0.717) is 13.2 Å². The number of ether oxygens (including phenoxy) is 3. The van der Waals surface area contributed by atoms with Crippen molar-refractivity contribution in [2.45, 2.75) is 19.1 Å². The minimum atomic E-state index is -0.580. The Morgan fingerprint density at radius 2 is 2.05 bits per heavy atom. The Kier molecular flexibility index (Phi) is 7.91. The standard InChI is InChI=1S/C14H22BrNO4/c1-10(8-18-2)20-9-12(17)7-16-11-4-5-13(15)14(6-11)19-3/h4-6,10,12,16-17H,7-9H2,1-3H3. The van der Waals surface area contributed by atoms with Crippen molar-refractivity contribution >= 4 is 21.6 Å². The van der Waals surface area contributed by atoms with Crippen LogP contribution in [0.4, 0.5) is 5.69 Å². The second kappa shape index (κ2) is 9.18. The molecule has 0 spiro atoms. The summed E-state index contributed by atoms with van der Waals surface area (Å²) < 4.78 is 16.5. The first-order valence-corrected chi connectivity index (χ1v) is 7.22. The third kappa shape index (κ3) is 6.09. The van der Waals surface area contributed by atoms with E-state index in [9.17, 15) is 5.11 Å². The van der Waals surface area contributed by atoms with E-state index in [0.717, 1.165) is 15.9 Å². The molecule has 0 saturated heterocycles. The van der Waals surface area contributed by atoms with Crippen LogP contribution in [0.5, 0.6) is 5.75 Å². The maximum absolute atomic E-state index is 9.84. The Morgan fingerprint density at radius 1 is 1.30 bits per heavy atom. The van der Waals surface area contributed by atoms with E-state index in [1.165, 1.54) is 0 Å². The number of benzene rings is 1. The average molecular weight is 348 g/mol. The van der Waals surface area contributed by atoms with Crippen molar-refractivity contribution in [2.75, 3.05) is 39.3 Å². The van der Waals surface area contributed by atoms with Crippen LogP contribution in [0.3, 0.4) is 0 Å². The van der Waals surface area contributed by atoms with Gasteiger partial charge in [-0.05, 0) is 35.0 Å². The van der Waals surface area contributed by atoms with Crippen molar-refractivity contribution < 1.29 is 19.3 Å². The van der Waals surface area contributed by atoms with Gasteiger partial charge in [-0.15, -0.1) is 0 Å². The lowest BCUT2D eigenvalue weighted by atomic mass is 10.3. The van der Waals surface area contributed by atoms with Gasteiger partial charge in [0.25, 0.3) is 0 Å². The molecule has 2 N–H and O–H groups in total. The fourth-order valence-corrected chi connectivity index (χ4v) is 2.03. The lowest BCUT2D eigenvalue weighted by Crippen LogP contribution is -2.28. The van der Waals surface area contributed by atoms with Gasteiger partial charge in [-0.2, -0.15) is 0 Å². The maximum Gasteiger partial charge on any atom is 0.135 e. The van der Waals surface area contributed by atoms with Gasteiger partial charge in [0, 0.05) is 25.4 Å². The van der Waals surface area contributed by atoms with Crippen LogP contribution < -0.4 is 10.1 Å². The summed E-state index contributed by atoms with van der Waals surface area (Å²) in [6.07, 6.45) is -0.605. The molecule has 1 aromatic rings. The predicted octanol–water partition coefficient (Wildman–Crippen LogP) is 2.28. The lowest BCUT2D eigenvalue weighted by molar-refractivity contribution is -0.0282. The summed E-state index contributed by atoms with van der Waals surface area (Å²) in [5.41, 5.74) is 0.883. The Balaban J connectivity index is 2.35. The number of hydrogen-bond donors (Lipinski definition) is 2. The molecule has 0 aliphatic rings. The van der Waals surface area contributed by atoms with E-state index < -0.39 is 6.10 Å². The SMILES string of the molecule is COCC(C)OCC(O)CNc1ccc(Br)c(OC)c1. The monoisotopic (exact) mass is 347 g/mol. The van der Waals surface area contributed by atoms with Gasteiger partial charge in [0.1, 0.15) is 5.75 Å². The summed E-state index contributed by atoms with van der Waals surface area (Å²) in [4.78, 5) is 0. The Morgan fingerprint density at radius 3 is 2.70 bits per heavy atom. The summed E-state index contributed by atoms with van der Waals surface area (Å²) in [6.45, 7) is 3.10. The number of aliphatic hydroxyl groups is 1. The molecule has 1 aromatic carbocycles. The van der Waals surface area contributed by atoms with Crippen LogP contribution in [-0.2, 0) is 9.47 Å². The number of hydrogen-bond acceptors (Lipinski definition) is 5. The highest BCUT2D eigenvalue weighted by atomic mass is 79.9. The molecule has 5 nitrogen and oxygen atoms in total. The second-order valence-electron chi connectivity index (χ2n) is 4.48. The topological polar surface area (TPSA) is 60.0 Å². The molecule has 0 radical (unpaired) electrons. The quantitative estimate of drug-likeness (QED) is 0.717. The zero-order valence-corrected chi connectivity index (χ0v) is 13.6. The van der Waals surface area contributed by atoms with Crippen molar-refractivity contribution in [3.05, 3.63) is 22.7 Å². The summed E-state index contributed by atoms with van der Waals surface area (Å²) in [7, 11) is 3.24. The Labute approximate surface area is 128 Å². The van der Waals surface area contributed by atoms with E-state index in [-0.39, 0.29) is 12.7 Å². The first kappa shape index (κ1) is 17.2. The molecule has 0 aliphatic heterocycles. The van der Waals surface area contributed by atoms with E-state index in [2.05, 4.69) is 21.2 Å². The highest BCUT2D eigenvalue weighted by molar-refractivity contribution is 9.10. The third-order valence-corrected chi connectivity index (χ3v) is 3.32. The molecule has 0 bridgehead atoms. The minimum absolute atomic E-state index is 0.0255. The van der Waals surface area contributed by atoms with Gasteiger partial charge in [0.15, 0.2) is 0 Å². The average Bonchev–Trinajstić information content (AvgIpc) is 2.44. The molecule has 0 aliphatic carbocycles. The minimum Gasteiger partial charge on any atom is -0.495 e. The largest absolute Gasteiger partial charge is 0.495 e. The fourth-order valence-electron chi connectivity index (χ4n) is 1.62. The van der Waals surface area contributed by atoms with Crippen molar-refractivity contribution in [3.8, 4) is 5.75 Å². The fraction of sp³-hybridized carbons (Fsp3) is 0.571. The van der Waals surface area contributed by atoms with Gasteiger partial charge in [-0.1, -0.05) is 0 Å². The first-order valence-electron chi connectivity index (χ1n) is 6.42. The van der Waals surface area contributed by atoms with Crippen LogP contribution in [-0.4, -0.2) is 51.3 Å². The molecule has 114 valence electrons. The molecule has 6 heteroatoms. The Bertz CT molecular complexity index is 403. The molecule has 0 aromatic heterocycles. The maximum atomic E-state index is 9.84. The molecule has 2 atom stereocenters. The van der Waals surface area contributed by atoms with Gasteiger partial charge in [0.05, 0.1) is 37.0 Å². The zero-order valence-electron chi connectivity index (χ0n) is 12.1. The Hall–Kier alpha value is -0.820. The lowest BCUT2D eigenvalue weighted by Gasteiger charge is -2.17. The molecule has 1 rings (SSSR count). The third-order valence-electron chi connectivity index (χ3n) is 2.67. The second-order valence-corrected chi connectivity index (χ2v) is 5.34. The number of methoxy groups -OCH3 is 2. The molecule has 2 unspecified atom stereocenters. The van der Waals surface area contributed by atoms with E-state index >= 15 is 0 Å². The number of anilines is 1. The summed E-state index contributed by atoms with van der Waals surface area (Å²) >= 11 is 3.39. The molecule has 0 saturated carbocycles. The van der Waals surface area contributed by atoms with E-state index in [4.69, 9.17) is 14.2 Å².